The van der Waals surface area contributed by atoms with Crippen LogP contribution in [0.5, 0.6) is 47.0 Å². The second-order valence-electron chi connectivity index (χ2n) is 38.4. The van der Waals surface area contributed by atoms with E-state index in [-0.39, 0.29) is 82.3 Å². The number of rotatable bonds is 20. The summed E-state index contributed by atoms with van der Waals surface area (Å²) in [5.74, 6) is 10.3. The third kappa shape index (κ3) is 15.4. The van der Waals surface area contributed by atoms with Crippen molar-refractivity contribution >= 4 is 46.0 Å². The average molecular weight is 1800 g/mol. The SMILES string of the molecule is CNc1cc(F)cc2c1Cc1nc(Oc3cnc(C4CC4)nc3)nc(N3CC4(CCC4N)C3)c1-2.CNc1cc(F)cc2c1Cc1nc(Oc3cnc(C4CC4)nc3)nc(N3CC4C(N)C4C3)c1-2.CNc1cc(F)cc2c1Cc1nc(Oc3cnc(C4CC4)nc3)nc(N3CC[C@H](N)C3)c1-2.CNc1cc(F)cc2c1Cc1nc(Oc3cnc(C4CC4)nc3)nc(N3C[C@H](N)C4(CC4)C3)c1-2. The van der Waals surface area contributed by atoms with Gasteiger partial charge in [0, 0.05) is 210 Å². The number of anilines is 8. The molecule has 27 rings (SSSR count). The summed E-state index contributed by atoms with van der Waals surface area (Å²) in [6, 6.07) is 14.1. The van der Waals surface area contributed by atoms with Crippen molar-refractivity contribution in [1.29, 1.82) is 0 Å². The molecule has 8 aromatic heterocycles. The normalized spacial score (nSPS) is 21.6. The zero-order chi connectivity index (χ0) is 90.1. The molecule has 4 saturated heterocycles. The van der Waals surface area contributed by atoms with Gasteiger partial charge < -0.3 is 82.7 Å². The van der Waals surface area contributed by atoms with Gasteiger partial charge in [0.05, 0.1) is 72.4 Å². The van der Waals surface area contributed by atoms with Gasteiger partial charge in [0.1, 0.15) is 69.8 Å². The first-order chi connectivity index (χ1) is 64.7. The summed E-state index contributed by atoms with van der Waals surface area (Å²) in [6.07, 6.45) is 30.3. The molecule has 15 aliphatic rings. The monoisotopic (exact) mass is 1800 g/mol. The van der Waals surface area contributed by atoms with Gasteiger partial charge >= 0.3 is 24.0 Å². The fourth-order valence-corrected chi connectivity index (χ4v) is 21.1. The van der Waals surface area contributed by atoms with Gasteiger partial charge in [-0.2, -0.15) is 39.9 Å². The first-order valence-electron chi connectivity index (χ1n) is 46.4. The summed E-state index contributed by atoms with van der Waals surface area (Å²) in [6.45, 7) is 6.42. The van der Waals surface area contributed by atoms with Crippen LogP contribution in [0.3, 0.4) is 0 Å². The highest BCUT2D eigenvalue weighted by molar-refractivity contribution is 5.92. The van der Waals surface area contributed by atoms with E-state index in [1.54, 1.807) is 95.0 Å². The second kappa shape index (κ2) is 32.3. The largest absolute Gasteiger partial charge is 0.421 e. The minimum atomic E-state index is -0.293. The lowest BCUT2D eigenvalue weighted by Gasteiger charge is -2.60. The fourth-order valence-electron chi connectivity index (χ4n) is 21.1. The first-order valence-corrected chi connectivity index (χ1v) is 46.4. The van der Waals surface area contributed by atoms with Crippen LogP contribution >= 0.6 is 0 Å². The molecule has 32 nitrogen and oxygen atoms in total. The highest BCUT2D eigenvalue weighted by Crippen LogP contribution is 2.58. The number of piperidine rings is 1. The zero-order valence-corrected chi connectivity index (χ0v) is 74.1. The van der Waals surface area contributed by atoms with Crippen molar-refractivity contribution < 1.29 is 36.5 Å². The molecule has 36 heteroatoms. The van der Waals surface area contributed by atoms with Crippen molar-refractivity contribution in [2.45, 2.75) is 157 Å². The van der Waals surface area contributed by atoms with Gasteiger partial charge in [0.15, 0.2) is 23.0 Å². The Hall–Kier alpha value is -13.3. The van der Waals surface area contributed by atoms with Gasteiger partial charge in [-0.3, -0.25) is 0 Å². The lowest BCUT2D eigenvalue weighted by atomic mass is 9.60. The molecule has 2 spiro atoms. The van der Waals surface area contributed by atoms with Crippen molar-refractivity contribution in [2.75, 3.05) is 121 Å². The number of hydrogen-bond donors (Lipinski definition) is 8. The van der Waals surface area contributed by atoms with Crippen molar-refractivity contribution in [1.82, 2.24) is 79.7 Å². The lowest BCUT2D eigenvalue weighted by Crippen LogP contribution is -2.69. The Morgan fingerprint density at radius 1 is 0.331 bits per heavy atom. The Balaban J connectivity index is 0.0000000976. The minimum absolute atomic E-state index is 0.0783. The van der Waals surface area contributed by atoms with Gasteiger partial charge in [-0.1, -0.05) is 0 Å². The van der Waals surface area contributed by atoms with Crippen molar-refractivity contribution in [3.63, 3.8) is 0 Å². The maximum absolute atomic E-state index is 14.5. The molecular weight excluding hydrogens is 1700 g/mol. The van der Waals surface area contributed by atoms with Crippen LogP contribution in [0.15, 0.2) is 98.1 Å². The number of nitrogens with zero attached hydrogens (tertiary/aromatic N) is 20. The topological polar surface area (TPSA) is 408 Å². The van der Waals surface area contributed by atoms with E-state index >= 15 is 0 Å². The maximum atomic E-state index is 14.5. The number of nitrogens with two attached hydrogens (primary N) is 4. The third-order valence-electron chi connectivity index (χ3n) is 29.4. The van der Waals surface area contributed by atoms with E-state index in [1.165, 1.54) is 24.3 Å². The van der Waals surface area contributed by atoms with E-state index in [1.807, 2.05) is 7.05 Å². The molecule has 3 unspecified atom stereocenters. The van der Waals surface area contributed by atoms with Crippen LogP contribution in [0, 0.1) is 45.9 Å². The van der Waals surface area contributed by atoms with E-state index in [9.17, 15) is 17.6 Å². The summed E-state index contributed by atoms with van der Waals surface area (Å²) < 4.78 is 81.9. The Bertz CT molecular complexity index is 6650. The number of nitrogens with one attached hydrogen (secondary N) is 4. The van der Waals surface area contributed by atoms with Crippen LogP contribution in [0.1, 0.15) is 175 Å². The summed E-state index contributed by atoms with van der Waals surface area (Å²) in [4.78, 5) is 82.4. The molecule has 4 aromatic carbocycles. The second-order valence-corrected chi connectivity index (χ2v) is 38.4. The number of aromatic nitrogens is 16. The standard InChI is InChI=1S/2C25H26FN7O.C24H24FN7O.C23H24FN7O/c1-28-18-7-14(26)6-17-16(18)8-19-21(17)23(33-11-20(27)25(12-33)4-5-25)32-24(31-19)34-15-9-29-22(30-10-15)13-2-3-13;1-28-18-7-14(26)6-17-16(18)8-19-21(17)23(33-11-25(12-33)5-4-20(25)27)32-24(31-19)34-15-9-29-22(30-10-15)13-2-3-13;1-27-18-5-12(25)4-15-14(18)6-19-20(15)23(32-9-16-17(10-32)21(16)26)31-24(30-19)33-13-7-28-22(29-8-13)11-2-3-11;1-26-18-7-13(24)6-17-16(18)8-19-20(17)22(31-5-4-14(25)11-31)30-23(29-19)32-15-9-27-21(28-10-15)12-2-3-12/h2*6-7,9-10,13,20,28H,2-5,8,11-12,27H2,1H3;4-5,7-8,11,16-17,21,27H,2-3,6,9-10,26H2,1H3;6-7,9-10,12,14,26H,2-5,8,11,25H2,1H3/t20-;;;14-/m0..0/s1. The zero-order valence-electron chi connectivity index (χ0n) is 74.1. The Morgan fingerprint density at radius 2 is 0.639 bits per heavy atom. The fraction of sp³-hybridized carbons (Fsp3) is 0.423. The van der Waals surface area contributed by atoms with E-state index in [2.05, 4.69) is 80.7 Å². The molecule has 12 N–H and O–H groups in total. The molecule has 11 aliphatic carbocycles. The Morgan fingerprint density at radius 3 is 0.910 bits per heavy atom. The van der Waals surface area contributed by atoms with Crippen molar-refractivity contribution in [2.24, 2.45) is 45.6 Å². The molecule has 133 heavy (non-hydrogen) atoms. The summed E-state index contributed by atoms with van der Waals surface area (Å²) in [5, 5.41) is 12.5. The number of ether oxygens (including phenoxy) is 4. The molecule has 12 heterocycles. The van der Waals surface area contributed by atoms with Crippen molar-refractivity contribution in [3.05, 3.63) is 190 Å². The summed E-state index contributed by atoms with van der Waals surface area (Å²) >= 11 is 0. The summed E-state index contributed by atoms with van der Waals surface area (Å²) in [7, 11) is 7.21. The molecule has 7 saturated carbocycles. The highest BCUT2D eigenvalue weighted by atomic mass is 19.1. The molecule has 0 amide bonds. The number of fused-ring (bicyclic) bond motifs is 13. The molecule has 0 bridgehead atoms. The maximum Gasteiger partial charge on any atom is 0.324 e. The molecule has 5 atom stereocenters. The molecular formula is C97H100F4N28O4. The molecule has 11 fully saturated rings. The summed E-state index contributed by atoms with van der Waals surface area (Å²) in [5.41, 5.74) is 42.9. The highest BCUT2D eigenvalue weighted by Gasteiger charge is 2.57. The molecule has 4 aliphatic heterocycles. The van der Waals surface area contributed by atoms with E-state index < -0.39 is 0 Å². The third-order valence-corrected chi connectivity index (χ3v) is 29.4. The smallest absolute Gasteiger partial charge is 0.324 e. The van der Waals surface area contributed by atoms with Gasteiger partial charge in [-0.15, -0.1) is 0 Å². The molecule has 680 valence electrons. The predicted molar refractivity (Wildman–Crippen MR) is 491 cm³/mol. The van der Waals surface area contributed by atoms with Crippen LogP contribution in [0.2, 0.25) is 0 Å². The number of hydrogen-bond acceptors (Lipinski definition) is 32. The van der Waals surface area contributed by atoms with Gasteiger partial charge in [-0.25, -0.2) is 57.4 Å². The average Bonchev–Trinajstić information content (AvgIpc) is 1.57. The van der Waals surface area contributed by atoms with Gasteiger partial charge in [-0.05, 0) is 188 Å². The molecule has 12 aromatic rings. The van der Waals surface area contributed by atoms with E-state index in [4.69, 9.17) is 81.8 Å². The quantitative estimate of drug-likeness (QED) is 0.0329. The van der Waals surface area contributed by atoms with Crippen LogP contribution < -0.4 is 82.7 Å². The lowest BCUT2D eigenvalue weighted by molar-refractivity contribution is 0.0558. The van der Waals surface area contributed by atoms with Crippen molar-refractivity contribution in [3.8, 4) is 91.5 Å². The van der Waals surface area contributed by atoms with Crippen LogP contribution in [-0.4, -0.2) is 184 Å². The Kier molecular flexibility index (Phi) is 20.1. The van der Waals surface area contributed by atoms with Crippen LogP contribution in [0.4, 0.5) is 63.6 Å². The number of halogens is 4. The van der Waals surface area contributed by atoms with E-state index in [0.717, 1.165) is 282 Å². The predicted octanol–water partition coefficient (Wildman–Crippen LogP) is 13.5. The van der Waals surface area contributed by atoms with E-state index in [0.29, 0.717) is 97.3 Å². The minimum Gasteiger partial charge on any atom is -0.421 e. The Labute approximate surface area is 763 Å². The van der Waals surface area contributed by atoms with Gasteiger partial charge in [0.25, 0.3) is 0 Å². The molecule has 0 radical (unpaired) electrons. The number of benzene rings is 4. The first kappa shape index (κ1) is 82.8. The van der Waals surface area contributed by atoms with Gasteiger partial charge in [0.2, 0.25) is 0 Å². The van der Waals surface area contributed by atoms with Crippen LogP contribution in [-0.2, 0) is 25.7 Å². The van der Waals surface area contributed by atoms with Crippen LogP contribution in [0.25, 0.3) is 44.5 Å².